The molecule has 0 aliphatic rings. The second-order valence-electron chi connectivity index (χ2n) is 3.03. The van der Waals surface area contributed by atoms with Crippen molar-refractivity contribution in [2.45, 2.75) is 13.3 Å². The normalized spacial score (nSPS) is 11.9. The summed E-state index contributed by atoms with van der Waals surface area (Å²) in [5.74, 6) is -1.19. The van der Waals surface area contributed by atoms with Gasteiger partial charge in [0.1, 0.15) is 0 Å². The van der Waals surface area contributed by atoms with Gasteiger partial charge in [-0.2, -0.15) is 11.0 Å². The lowest BCUT2D eigenvalue weighted by molar-refractivity contribution is -0.156. The first-order valence-electron chi connectivity index (χ1n) is 4.93. The summed E-state index contributed by atoms with van der Waals surface area (Å²) < 4.78 is 5.12. The van der Waals surface area contributed by atoms with Gasteiger partial charge in [-0.1, -0.05) is 0 Å². The van der Waals surface area contributed by atoms with Crippen LogP contribution in [-0.2, 0) is 24.0 Å². The molecule has 1 atom stereocenters. The molecule has 1 unspecified atom stereocenters. The van der Waals surface area contributed by atoms with Crippen LogP contribution in [0.1, 0.15) is 13.3 Å². The third kappa shape index (κ3) is 7.16. The standard InChI is InChI=1S/C9H18N2O5/c1-7(9(13)16-11-3)6-14-5-4-8(12)15-10-2/h7,10-11H,4-6H2,1-3H3. The van der Waals surface area contributed by atoms with E-state index in [0.29, 0.717) is 0 Å². The first kappa shape index (κ1) is 14.8. The van der Waals surface area contributed by atoms with Crippen LogP contribution < -0.4 is 11.0 Å². The van der Waals surface area contributed by atoms with Crippen LogP contribution >= 0.6 is 0 Å². The molecule has 7 heteroatoms. The second-order valence-corrected chi connectivity index (χ2v) is 3.03. The highest BCUT2D eigenvalue weighted by atomic mass is 16.7. The van der Waals surface area contributed by atoms with Gasteiger partial charge < -0.3 is 14.4 Å². The van der Waals surface area contributed by atoms with Gasteiger partial charge >= 0.3 is 11.9 Å². The Morgan fingerprint density at radius 1 is 1.19 bits per heavy atom. The van der Waals surface area contributed by atoms with E-state index < -0.39 is 11.9 Å². The predicted octanol–water partition coefficient (Wildman–Crippen LogP) is -0.616. The first-order valence-corrected chi connectivity index (χ1v) is 4.93. The van der Waals surface area contributed by atoms with Crippen LogP contribution in [0.25, 0.3) is 0 Å². The predicted molar refractivity (Wildman–Crippen MR) is 54.9 cm³/mol. The number of carbonyl (C=O) groups is 2. The minimum atomic E-state index is -0.409. The smallest absolute Gasteiger partial charge is 0.329 e. The first-order chi connectivity index (χ1) is 7.61. The van der Waals surface area contributed by atoms with Crippen molar-refractivity contribution in [3.63, 3.8) is 0 Å². The average Bonchev–Trinajstić information content (AvgIpc) is 2.24. The van der Waals surface area contributed by atoms with Crippen molar-refractivity contribution in [2.75, 3.05) is 27.3 Å². The van der Waals surface area contributed by atoms with Crippen LogP contribution in [0.5, 0.6) is 0 Å². The lowest BCUT2D eigenvalue weighted by Gasteiger charge is -2.10. The lowest BCUT2D eigenvalue weighted by Crippen LogP contribution is -2.25. The average molecular weight is 234 g/mol. The van der Waals surface area contributed by atoms with E-state index in [1.807, 2.05) is 0 Å². The van der Waals surface area contributed by atoms with Gasteiger partial charge in [0.2, 0.25) is 0 Å². The summed E-state index contributed by atoms with van der Waals surface area (Å²) in [6, 6.07) is 0. The summed E-state index contributed by atoms with van der Waals surface area (Å²) in [5.41, 5.74) is 4.55. The SMILES string of the molecule is CNOC(=O)CCOCC(C)C(=O)ONC. The molecular weight excluding hydrogens is 216 g/mol. The van der Waals surface area contributed by atoms with Gasteiger partial charge in [-0.3, -0.25) is 4.79 Å². The zero-order valence-electron chi connectivity index (χ0n) is 9.74. The Kier molecular flexibility index (Phi) is 8.41. The Balaban J connectivity index is 3.51. The van der Waals surface area contributed by atoms with E-state index in [2.05, 4.69) is 20.6 Å². The number of nitrogens with one attached hydrogen (secondary N) is 2. The van der Waals surface area contributed by atoms with Crippen molar-refractivity contribution >= 4 is 11.9 Å². The zero-order valence-corrected chi connectivity index (χ0v) is 9.74. The number of hydrogen-bond acceptors (Lipinski definition) is 7. The van der Waals surface area contributed by atoms with E-state index in [1.165, 1.54) is 14.1 Å². The summed E-state index contributed by atoms with van der Waals surface area (Å²) in [6.07, 6.45) is 0.134. The molecule has 0 spiro atoms. The highest BCUT2D eigenvalue weighted by Crippen LogP contribution is 1.99. The van der Waals surface area contributed by atoms with E-state index in [4.69, 9.17) is 4.74 Å². The second kappa shape index (κ2) is 9.08. The maximum absolute atomic E-state index is 11.1. The van der Waals surface area contributed by atoms with E-state index in [-0.39, 0.29) is 25.6 Å². The minimum absolute atomic E-state index is 0.134. The summed E-state index contributed by atoms with van der Waals surface area (Å²) in [7, 11) is 2.99. The van der Waals surface area contributed by atoms with Crippen molar-refractivity contribution < 1.29 is 24.0 Å². The molecule has 0 aliphatic heterocycles. The molecule has 0 radical (unpaired) electrons. The molecule has 0 aliphatic carbocycles. The molecule has 0 heterocycles. The molecule has 0 aromatic heterocycles. The fourth-order valence-electron chi connectivity index (χ4n) is 0.850. The van der Waals surface area contributed by atoms with Gasteiger partial charge in [0, 0.05) is 14.1 Å². The molecule has 0 rings (SSSR count). The molecular formula is C9H18N2O5. The fourth-order valence-corrected chi connectivity index (χ4v) is 0.850. The molecule has 0 aromatic rings. The van der Waals surface area contributed by atoms with Crippen LogP contribution in [0.15, 0.2) is 0 Å². The highest BCUT2D eigenvalue weighted by molar-refractivity contribution is 5.71. The Morgan fingerprint density at radius 2 is 1.81 bits per heavy atom. The van der Waals surface area contributed by atoms with E-state index in [1.54, 1.807) is 6.92 Å². The highest BCUT2D eigenvalue weighted by Gasteiger charge is 2.14. The van der Waals surface area contributed by atoms with Gasteiger partial charge in [-0.05, 0) is 6.92 Å². The molecule has 0 amide bonds. The summed E-state index contributed by atoms with van der Waals surface area (Å²) in [6.45, 7) is 2.08. The largest absolute Gasteiger partial charge is 0.380 e. The van der Waals surface area contributed by atoms with Crippen LogP contribution in [0.4, 0.5) is 0 Å². The van der Waals surface area contributed by atoms with Crippen molar-refractivity contribution in [1.29, 1.82) is 0 Å². The van der Waals surface area contributed by atoms with Crippen LogP contribution in [0, 0.1) is 5.92 Å². The molecule has 94 valence electrons. The Hall–Kier alpha value is -1.18. The monoisotopic (exact) mass is 234 g/mol. The van der Waals surface area contributed by atoms with Crippen LogP contribution in [-0.4, -0.2) is 39.2 Å². The maximum atomic E-state index is 11.1. The molecule has 0 bridgehead atoms. The summed E-state index contributed by atoms with van der Waals surface area (Å²) in [5, 5.41) is 0. The van der Waals surface area contributed by atoms with Crippen LogP contribution in [0.3, 0.4) is 0 Å². The lowest BCUT2D eigenvalue weighted by atomic mass is 10.2. The third-order valence-electron chi connectivity index (χ3n) is 1.64. The molecule has 7 nitrogen and oxygen atoms in total. The Bertz CT molecular complexity index is 222. The quantitative estimate of drug-likeness (QED) is 0.428. The van der Waals surface area contributed by atoms with Crippen molar-refractivity contribution in [3.05, 3.63) is 0 Å². The summed E-state index contributed by atoms with van der Waals surface area (Å²) in [4.78, 5) is 31.0. The van der Waals surface area contributed by atoms with Gasteiger partial charge in [0.05, 0.1) is 25.6 Å². The van der Waals surface area contributed by atoms with Gasteiger partial charge in [0.25, 0.3) is 0 Å². The van der Waals surface area contributed by atoms with Gasteiger partial charge in [-0.15, -0.1) is 0 Å². The molecule has 0 aromatic carbocycles. The molecule has 0 saturated carbocycles. The molecule has 16 heavy (non-hydrogen) atoms. The van der Waals surface area contributed by atoms with Crippen molar-refractivity contribution in [3.8, 4) is 0 Å². The number of carbonyl (C=O) groups excluding carboxylic acids is 2. The van der Waals surface area contributed by atoms with E-state index in [9.17, 15) is 9.59 Å². The Labute approximate surface area is 94.3 Å². The summed E-state index contributed by atoms with van der Waals surface area (Å²) >= 11 is 0. The number of ether oxygens (including phenoxy) is 1. The zero-order chi connectivity index (χ0) is 12.4. The number of rotatable bonds is 8. The van der Waals surface area contributed by atoms with Gasteiger partial charge in [-0.25, -0.2) is 4.79 Å². The van der Waals surface area contributed by atoms with E-state index >= 15 is 0 Å². The van der Waals surface area contributed by atoms with E-state index in [0.717, 1.165) is 0 Å². The molecule has 0 fully saturated rings. The minimum Gasteiger partial charge on any atom is -0.380 e. The Morgan fingerprint density at radius 3 is 2.38 bits per heavy atom. The molecule has 0 saturated heterocycles. The number of hydroxylamine groups is 2. The maximum Gasteiger partial charge on any atom is 0.329 e. The van der Waals surface area contributed by atoms with Crippen molar-refractivity contribution in [1.82, 2.24) is 11.0 Å². The van der Waals surface area contributed by atoms with Gasteiger partial charge in [0.15, 0.2) is 0 Å². The number of hydrogen-bond donors (Lipinski definition) is 2. The third-order valence-corrected chi connectivity index (χ3v) is 1.64. The fraction of sp³-hybridized carbons (Fsp3) is 0.778. The topological polar surface area (TPSA) is 85.9 Å². The van der Waals surface area contributed by atoms with Crippen molar-refractivity contribution in [2.24, 2.45) is 5.92 Å². The molecule has 2 N–H and O–H groups in total. The van der Waals surface area contributed by atoms with Crippen LogP contribution in [0.2, 0.25) is 0 Å².